The van der Waals surface area contributed by atoms with Gasteiger partial charge in [-0.1, -0.05) is 20.8 Å². The minimum atomic E-state index is -1.24. The van der Waals surface area contributed by atoms with Crippen LogP contribution in [0, 0.1) is 10.8 Å². The van der Waals surface area contributed by atoms with Crippen molar-refractivity contribution in [1.29, 1.82) is 0 Å². The van der Waals surface area contributed by atoms with Crippen molar-refractivity contribution in [2.45, 2.75) is 45.3 Å². The average Bonchev–Trinajstić information content (AvgIpc) is 2.23. The molecule has 3 atom stereocenters. The minimum Gasteiger partial charge on any atom is -0.330 e. The quantitative estimate of drug-likeness (QED) is 0.561. The third kappa shape index (κ3) is 2.57. The van der Waals surface area contributed by atoms with Gasteiger partial charge >= 0.3 is 0 Å². The maximum absolute atomic E-state index is 10.6. The Morgan fingerprint density at radius 1 is 1.22 bits per heavy atom. The van der Waals surface area contributed by atoms with Crippen LogP contribution in [-0.4, -0.2) is 30.4 Å². The number of hydrogen-bond donors (Lipinski definition) is 2. The summed E-state index contributed by atoms with van der Waals surface area (Å²) in [4.78, 5) is 28.6. The van der Waals surface area contributed by atoms with Gasteiger partial charge < -0.3 is 11.5 Å². The molecule has 100 valence electrons. The molecule has 0 aromatic carbocycles. The smallest absolute Gasteiger partial charge is 0.236 e. The van der Waals surface area contributed by atoms with Gasteiger partial charge in [0, 0.05) is 0 Å². The van der Waals surface area contributed by atoms with Crippen molar-refractivity contribution in [3.63, 3.8) is 0 Å². The number of nitrogens with two attached hydrogens (primary N) is 2. The van der Waals surface area contributed by atoms with E-state index in [2.05, 4.69) is 9.98 Å². The molecule has 6 nitrogen and oxygen atoms in total. The fourth-order valence-corrected chi connectivity index (χ4v) is 3.39. The molecule has 1 rings (SSSR count). The van der Waals surface area contributed by atoms with E-state index in [1.165, 1.54) is 12.2 Å². The standard InChI is InChI=1S/C12H20N4O2/c1-10(2)4-11(3,6-13)5-12(14,16-8-18)9(10)15-7-17/h9H,4-6,13-14H2,1-3H3. The van der Waals surface area contributed by atoms with Gasteiger partial charge in [0.1, 0.15) is 11.7 Å². The van der Waals surface area contributed by atoms with E-state index in [4.69, 9.17) is 11.5 Å². The van der Waals surface area contributed by atoms with E-state index >= 15 is 0 Å². The Bertz CT molecular complexity index is 424. The van der Waals surface area contributed by atoms with Crippen LogP contribution in [-0.2, 0) is 9.59 Å². The molecule has 1 aliphatic carbocycles. The molecular weight excluding hydrogens is 232 g/mol. The van der Waals surface area contributed by atoms with Crippen molar-refractivity contribution in [2.24, 2.45) is 32.3 Å². The summed E-state index contributed by atoms with van der Waals surface area (Å²) in [7, 11) is 0. The van der Waals surface area contributed by atoms with Crippen molar-refractivity contribution >= 4 is 12.2 Å². The molecule has 3 unspecified atom stereocenters. The van der Waals surface area contributed by atoms with E-state index in [0.717, 1.165) is 6.42 Å². The van der Waals surface area contributed by atoms with Crippen LogP contribution in [0.25, 0.3) is 0 Å². The molecule has 0 aliphatic heterocycles. The summed E-state index contributed by atoms with van der Waals surface area (Å²) < 4.78 is 0. The lowest BCUT2D eigenvalue weighted by Gasteiger charge is -2.52. The maximum atomic E-state index is 10.6. The van der Waals surface area contributed by atoms with Crippen LogP contribution in [0.15, 0.2) is 9.98 Å². The summed E-state index contributed by atoms with van der Waals surface area (Å²) in [6, 6.07) is -0.594. The van der Waals surface area contributed by atoms with E-state index in [1.54, 1.807) is 0 Å². The molecule has 0 radical (unpaired) electrons. The van der Waals surface area contributed by atoms with Crippen LogP contribution < -0.4 is 11.5 Å². The molecule has 0 spiro atoms. The summed E-state index contributed by atoms with van der Waals surface area (Å²) in [6.45, 7) is 6.31. The highest BCUT2D eigenvalue weighted by molar-refractivity contribution is 5.38. The van der Waals surface area contributed by atoms with E-state index in [1.807, 2.05) is 20.8 Å². The third-order valence-corrected chi connectivity index (χ3v) is 3.73. The lowest BCUT2D eigenvalue weighted by atomic mass is 9.58. The van der Waals surface area contributed by atoms with Gasteiger partial charge in [0.15, 0.2) is 0 Å². The highest BCUT2D eigenvalue weighted by Gasteiger charge is 2.55. The zero-order valence-corrected chi connectivity index (χ0v) is 11.1. The Balaban J connectivity index is 3.32. The molecule has 0 bridgehead atoms. The first kappa shape index (κ1) is 14.7. The highest BCUT2D eigenvalue weighted by atomic mass is 16.1. The monoisotopic (exact) mass is 252 g/mol. The summed E-state index contributed by atoms with van der Waals surface area (Å²) in [5.74, 6) is 0. The largest absolute Gasteiger partial charge is 0.330 e. The van der Waals surface area contributed by atoms with Gasteiger partial charge in [-0.3, -0.25) is 0 Å². The first-order valence-electron chi connectivity index (χ1n) is 5.88. The average molecular weight is 252 g/mol. The maximum Gasteiger partial charge on any atom is 0.236 e. The number of aliphatic imine (C=N–C) groups is 2. The second-order valence-corrected chi connectivity index (χ2v) is 6.17. The second kappa shape index (κ2) is 4.75. The van der Waals surface area contributed by atoms with Gasteiger partial charge in [-0.15, -0.1) is 0 Å². The molecular formula is C12H20N4O2. The third-order valence-electron chi connectivity index (χ3n) is 3.73. The minimum absolute atomic E-state index is 0.243. The fraction of sp³-hybridized carbons (Fsp3) is 0.833. The molecule has 0 saturated heterocycles. The molecule has 18 heavy (non-hydrogen) atoms. The Hall–Kier alpha value is -1.32. The normalized spacial score (nSPS) is 38.4. The number of carbonyl (C=O) groups excluding carboxylic acids is 2. The Morgan fingerprint density at radius 2 is 1.83 bits per heavy atom. The second-order valence-electron chi connectivity index (χ2n) is 6.17. The van der Waals surface area contributed by atoms with Crippen molar-refractivity contribution in [1.82, 2.24) is 0 Å². The Labute approximate surface area is 107 Å². The predicted molar refractivity (Wildman–Crippen MR) is 67.1 cm³/mol. The zero-order valence-electron chi connectivity index (χ0n) is 11.1. The van der Waals surface area contributed by atoms with Gasteiger partial charge in [0.05, 0.1) is 0 Å². The van der Waals surface area contributed by atoms with Gasteiger partial charge in [-0.05, 0) is 30.2 Å². The van der Waals surface area contributed by atoms with Gasteiger partial charge in [0.25, 0.3) is 0 Å². The number of hydrogen-bond acceptors (Lipinski definition) is 6. The molecule has 0 heterocycles. The van der Waals surface area contributed by atoms with E-state index < -0.39 is 17.1 Å². The summed E-state index contributed by atoms with van der Waals surface area (Å²) in [6.07, 6.45) is 4.15. The van der Waals surface area contributed by atoms with Crippen LogP contribution in [0.2, 0.25) is 0 Å². The van der Waals surface area contributed by atoms with Crippen molar-refractivity contribution in [3.05, 3.63) is 0 Å². The first-order valence-corrected chi connectivity index (χ1v) is 5.88. The van der Waals surface area contributed by atoms with Crippen LogP contribution in [0.1, 0.15) is 33.6 Å². The van der Waals surface area contributed by atoms with Crippen molar-refractivity contribution in [3.8, 4) is 0 Å². The zero-order chi connectivity index (χ0) is 14.0. The number of isocyanates is 2. The van der Waals surface area contributed by atoms with Crippen LogP contribution in [0.5, 0.6) is 0 Å². The van der Waals surface area contributed by atoms with Crippen molar-refractivity contribution < 1.29 is 9.59 Å². The van der Waals surface area contributed by atoms with E-state index in [9.17, 15) is 9.59 Å². The lowest BCUT2D eigenvalue weighted by molar-refractivity contribution is 0.0230. The lowest BCUT2D eigenvalue weighted by Crippen LogP contribution is -2.62. The fourth-order valence-electron chi connectivity index (χ4n) is 3.39. The van der Waals surface area contributed by atoms with Gasteiger partial charge in [-0.2, -0.15) is 9.98 Å². The SMILES string of the molecule is CC1(CN)CC(C)(C)C(N=C=O)C(N)(N=C=O)C1. The van der Waals surface area contributed by atoms with Crippen LogP contribution in [0.4, 0.5) is 0 Å². The molecule has 6 heteroatoms. The predicted octanol–water partition coefficient (Wildman–Crippen LogP) is 0.467. The highest BCUT2D eigenvalue weighted by Crippen LogP contribution is 2.50. The molecule has 4 N–H and O–H groups in total. The molecule has 0 aromatic rings. The van der Waals surface area contributed by atoms with E-state index in [-0.39, 0.29) is 5.41 Å². The first-order chi connectivity index (χ1) is 8.23. The molecule has 0 amide bonds. The number of nitrogens with zero attached hydrogens (tertiary/aromatic N) is 2. The summed E-state index contributed by atoms with van der Waals surface area (Å²) >= 11 is 0. The molecule has 1 saturated carbocycles. The molecule has 1 aliphatic rings. The Kier molecular flexibility index (Phi) is 3.89. The molecule has 1 fully saturated rings. The van der Waals surface area contributed by atoms with Crippen molar-refractivity contribution in [2.75, 3.05) is 6.54 Å². The summed E-state index contributed by atoms with van der Waals surface area (Å²) in [5, 5.41) is 0. The van der Waals surface area contributed by atoms with Crippen LogP contribution in [0.3, 0.4) is 0 Å². The molecule has 0 aromatic heterocycles. The number of rotatable bonds is 3. The topological polar surface area (TPSA) is 111 Å². The van der Waals surface area contributed by atoms with E-state index in [0.29, 0.717) is 13.0 Å². The summed E-state index contributed by atoms with van der Waals surface area (Å²) in [5.41, 5.74) is 10.1. The van der Waals surface area contributed by atoms with Gasteiger partial charge in [-0.25, -0.2) is 9.59 Å². The Morgan fingerprint density at radius 3 is 2.28 bits per heavy atom. The van der Waals surface area contributed by atoms with Crippen LogP contribution >= 0.6 is 0 Å². The van der Waals surface area contributed by atoms with Gasteiger partial charge in [0.2, 0.25) is 12.2 Å².